The predicted molar refractivity (Wildman–Crippen MR) is 91.9 cm³/mol. The van der Waals surface area contributed by atoms with E-state index in [1.54, 1.807) is 30.5 Å². The fraction of sp³-hybridized carbons (Fsp3) is 0.167. The second-order valence-electron chi connectivity index (χ2n) is 6.08. The quantitative estimate of drug-likeness (QED) is 0.593. The maximum atomic E-state index is 13.1. The average molecular weight is 358 g/mol. The van der Waals surface area contributed by atoms with E-state index in [-0.39, 0.29) is 10.9 Å². The molecule has 0 fully saturated rings. The van der Waals surface area contributed by atoms with Crippen molar-refractivity contribution in [3.05, 3.63) is 58.8 Å². The molecule has 4 rings (SSSR count). The topological polar surface area (TPSA) is 63.6 Å². The van der Waals surface area contributed by atoms with E-state index in [1.165, 1.54) is 6.20 Å². The number of aromatic nitrogens is 4. The van der Waals surface area contributed by atoms with Gasteiger partial charge in [0.15, 0.2) is 0 Å². The van der Waals surface area contributed by atoms with Crippen LogP contribution in [0.1, 0.15) is 5.69 Å². The first-order valence-electron chi connectivity index (χ1n) is 7.83. The number of nitrogens with one attached hydrogen (secondary N) is 1. The third-order valence-corrected chi connectivity index (χ3v) is 4.24. The maximum absolute atomic E-state index is 13.1. The molecule has 0 atom stereocenters. The van der Waals surface area contributed by atoms with Crippen molar-refractivity contribution in [1.29, 1.82) is 0 Å². The van der Waals surface area contributed by atoms with Gasteiger partial charge in [-0.15, -0.1) is 0 Å². The van der Waals surface area contributed by atoms with E-state index in [4.69, 9.17) is 0 Å². The van der Waals surface area contributed by atoms with Crippen LogP contribution >= 0.6 is 0 Å². The number of alkyl halides is 3. The fourth-order valence-electron chi connectivity index (χ4n) is 3.12. The molecule has 5 nitrogen and oxygen atoms in total. The molecule has 4 aromatic rings. The van der Waals surface area contributed by atoms with Crippen LogP contribution in [0.3, 0.4) is 0 Å². The van der Waals surface area contributed by atoms with Crippen LogP contribution in [-0.2, 0) is 6.54 Å². The zero-order valence-electron chi connectivity index (χ0n) is 13.6. The Bertz CT molecular complexity index is 1190. The van der Waals surface area contributed by atoms with Crippen LogP contribution in [0.4, 0.5) is 13.2 Å². The molecule has 0 saturated carbocycles. The predicted octanol–water partition coefficient (Wildman–Crippen LogP) is 3.81. The summed E-state index contributed by atoms with van der Waals surface area (Å²) in [5, 5.41) is 7.17. The molecule has 26 heavy (non-hydrogen) atoms. The molecule has 0 aliphatic rings. The molecule has 0 bridgehead atoms. The molecule has 0 amide bonds. The van der Waals surface area contributed by atoms with Gasteiger partial charge in [-0.3, -0.25) is 19.4 Å². The summed E-state index contributed by atoms with van der Waals surface area (Å²) in [7, 11) is 0. The summed E-state index contributed by atoms with van der Waals surface area (Å²) in [4.78, 5) is 16.7. The van der Waals surface area contributed by atoms with Gasteiger partial charge < -0.3 is 0 Å². The molecule has 0 radical (unpaired) electrons. The van der Waals surface area contributed by atoms with E-state index in [0.29, 0.717) is 16.5 Å². The summed E-state index contributed by atoms with van der Waals surface area (Å²) < 4.78 is 39.9. The van der Waals surface area contributed by atoms with Crippen LogP contribution in [-0.4, -0.2) is 25.9 Å². The van der Waals surface area contributed by atoms with Crippen molar-refractivity contribution < 1.29 is 13.2 Å². The number of aryl methyl sites for hydroxylation is 1. The van der Waals surface area contributed by atoms with E-state index in [1.807, 2.05) is 13.0 Å². The number of pyridine rings is 2. The molecule has 0 spiro atoms. The average Bonchev–Trinajstić information content (AvgIpc) is 3.07. The summed E-state index contributed by atoms with van der Waals surface area (Å²) in [5.41, 5.74) is 2.23. The monoisotopic (exact) mass is 358 g/mol. The molecule has 132 valence electrons. The highest BCUT2D eigenvalue weighted by molar-refractivity contribution is 6.04. The second-order valence-corrected chi connectivity index (χ2v) is 6.08. The number of nitrogens with zero attached hydrogens (tertiary/aromatic N) is 3. The maximum Gasteiger partial charge on any atom is 0.406 e. The van der Waals surface area contributed by atoms with Gasteiger partial charge >= 0.3 is 6.18 Å². The van der Waals surface area contributed by atoms with Crippen molar-refractivity contribution in [1.82, 2.24) is 19.7 Å². The van der Waals surface area contributed by atoms with Crippen molar-refractivity contribution in [2.45, 2.75) is 19.6 Å². The largest absolute Gasteiger partial charge is 0.406 e. The number of aromatic amines is 1. The van der Waals surface area contributed by atoms with E-state index in [0.717, 1.165) is 15.8 Å². The Morgan fingerprint density at radius 1 is 1.12 bits per heavy atom. The summed E-state index contributed by atoms with van der Waals surface area (Å²) in [6, 6.07) is 8.71. The molecule has 3 heterocycles. The van der Waals surface area contributed by atoms with Crippen molar-refractivity contribution in [2.75, 3.05) is 0 Å². The minimum atomic E-state index is -4.52. The van der Waals surface area contributed by atoms with Gasteiger partial charge in [0, 0.05) is 17.3 Å². The Balaban J connectivity index is 2.05. The third-order valence-electron chi connectivity index (χ3n) is 4.24. The van der Waals surface area contributed by atoms with Gasteiger partial charge in [-0.2, -0.15) is 18.3 Å². The standard InChI is InChI=1S/C18H13F3N4O/c1-10-6-12(4-5-22-10)11-2-3-13-15(7-11)25(9-18(19,20)21)17(26)14-8-23-24-16(13)14/h2-8H,9H2,1H3,(H,23,24). The lowest BCUT2D eigenvalue weighted by atomic mass is 10.0. The Labute approximate surface area is 145 Å². The van der Waals surface area contributed by atoms with Gasteiger partial charge in [-0.1, -0.05) is 12.1 Å². The lowest BCUT2D eigenvalue weighted by molar-refractivity contribution is -0.140. The second kappa shape index (κ2) is 5.69. The number of H-pyrrole nitrogens is 1. The first kappa shape index (κ1) is 16.3. The van der Waals surface area contributed by atoms with Crippen LogP contribution in [0.5, 0.6) is 0 Å². The minimum absolute atomic E-state index is 0.134. The first-order valence-corrected chi connectivity index (χ1v) is 7.83. The highest BCUT2D eigenvalue weighted by Crippen LogP contribution is 2.29. The zero-order valence-corrected chi connectivity index (χ0v) is 13.6. The summed E-state index contributed by atoms with van der Waals surface area (Å²) >= 11 is 0. The Morgan fingerprint density at radius 3 is 2.62 bits per heavy atom. The van der Waals surface area contributed by atoms with Crippen LogP contribution < -0.4 is 5.56 Å². The van der Waals surface area contributed by atoms with E-state index in [2.05, 4.69) is 15.2 Å². The van der Waals surface area contributed by atoms with E-state index in [9.17, 15) is 18.0 Å². The normalized spacial score (nSPS) is 12.2. The van der Waals surface area contributed by atoms with Gasteiger partial charge in [-0.05, 0) is 36.2 Å². The number of benzene rings is 1. The zero-order chi connectivity index (χ0) is 18.5. The first-order chi connectivity index (χ1) is 12.3. The number of halogens is 3. The molecule has 8 heteroatoms. The van der Waals surface area contributed by atoms with Gasteiger partial charge in [-0.25, -0.2) is 0 Å². The number of hydrogen-bond acceptors (Lipinski definition) is 3. The lowest BCUT2D eigenvalue weighted by Crippen LogP contribution is -2.28. The van der Waals surface area contributed by atoms with Gasteiger partial charge in [0.05, 0.1) is 22.6 Å². The van der Waals surface area contributed by atoms with E-state index >= 15 is 0 Å². The number of hydrogen-bond donors (Lipinski definition) is 1. The van der Waals surface area contributed by atoms with Gasteiger partial charge in [0.1, 0.15) is 6.54 Å². The highest BCUT2D eigenvalue weighted by Gasteiger charge is 2.30. The SMILES string of the molecule is Cc1cc(-c2ccc3c4[nH]ncc4c(=O)n(CC(F)(F)F)c3c2)ccn1. The number of rotatable bonds is 2. The smallest absolute Gasteiger partial charge is 0.298 e. The van der Waals surface area contributed by atoms with Gasteiger partial charge in [0.2, 0.25) is 0 Å². The lowest BCUT2D eigenvalue weighted by Gasteiger charge is -2.14. The molecule has 0 aliphatic heterocycles. The van der Waals surface area contributed by atoms with Crippen molar-refractivity contribution in [2.24, 2.45) is 0 Å². The summed E-state index contributed by atoms with van der Waals surface area (Å²) in [5.74, 6) is 0. The Morgan fingerprint density at radius 2 is 1.88 bits per heavy atom. The highest BCUT2D eigenvalue weighted by atomic mass is 19.4. The third kappa shape index (κ3) is 2.73. The molecular formula is C18H13F3N4O. The molecule has 0 unspecified atom stereocenters. The Hall–Kier alpha value is -3.16. The molecule has 0 saturated heterocycles. The Kier molecular flexibility index (Phi) is 3.57. The summed E-state index contributed by atoms with van der Waals surface area (Å²) in [6.07, 6.45) is -1.63. The molecular weight excluding hydrogens is 345 g/mol. The van der Waals surface area contributed by atoms with Gasteiger partial charge in [0.25, 0.3) is 5.56 Å². The number of fused-ring (bicyclic) bond motifs is 3. The fourth-order valence-corrected chi connectivity index (χ4v) is 3.12. The molecule has 3 aromatic heterocycles. The van der Waals surface area contributed by atoms with Crippen LogP contribution in [0.15, 0.2) is 47.5 Å². The van der Waals surface area contributed by atoms with Crippen molar-refractivity contribution in [3.8, 4) is 11.1 Å². The summed E-state index contributed by atoms with van der Waals surface area (Å²) in [6.45, 7) is 0.473. The minimum Gasteiger partial charge on any atom is -0.298 e. The van der Waals surface area contributed by atoms with E-state index < -0.39 is 18.3 Å². The van der Waals surface area contributed by atoms with Crippen LogP contribution in [0.2, 0.25) is 0 Å². The molecule has 1 N–H and O–H groups in total. The van der Waals surface area contributed by atoms with Crippen molar-refractivity contribution >= 4 is 21.8 Å². The van der Waals surface area contributed by atoms with Crippen molar-refractivity contribution in [3.63, 3.8) is 0 Å². The molecule has 0 aliphatic carbocycles. The molecule has 1 aromatic carbocycles. The van der Waals surface area contributed by atoms with Crippen LogP contribution in [0, 0.1) is 6.92 Å². The van der Waals surface area contributed by atoms with Crippen LogP contribution in [0.25, 0.3) is 32.9 Å².